The lowest BCUT2D eigenvalue weighted by Crippen LogP contribution is -2.32. The van der Waals surface area contributed by atoms with Crippen LogP contribution in [-0.2, 0) is 11.2 Å². The van der Waals surface area contributed by atoms with E-state index >= 15 is 0 Å². The number of halogens is 3. The minimum atomic E-state index is -0.293. The molecule has 0 spiro atoms. The summed E-state index contributed by atoms with van der Waals surface area (Å²) in [7, 11) is 0. The van der Waals surface area contributed by atoms with Gasteiger partial charge in [0.2, 0.25) is 0 Å². The highest BCUT2D eigenvalue weighted by molar-refractivity contribution is 6.36. The third-order valence-corrected chi connectivity index (χ3v) is 7.14. The van der Waals surface area contributed by atoms with Gasteiger partial charge in [-0.25, -0.2) is 4.39 Å². The van der Waals surface area contributed by atoms with Crippen LogP contribution in [0.1, 0.15) is 54.4 Å². The molecular formula is C28H28Cl2FNO3. The molecule has 0 aliphatic carbocycles. The van der Waals surface area contributed by atoms with Crippen LogP contribution < -0.4 is 4.74 Å². The number of aromatic hydroxyl groups is 1. The first-order valence-corrected chi connectivity index (χ1v) is 12.6. The summed E-state index contributed by atoms with van der Waals surface area (Å²) in [4.78, 5) is 14.1. The molecule has 1 heterocycles. The van der Waals surface area contributed by atoms with Crippen molar-refractivity contribution in [3.05, 3.63) is 92.7 Å². The van der Waals surface area contributed by atoms with Gasteiger partial charge in [0.25, 0.3) is 5.91 Å². The number of amides is 1. The number of phenols is 1. The van der Waals surface area contributed by atoms with E-state index in [0.717, 1.165) is 54.6 Å². The molecule has 1 atom stereocenters. The lowest BCUT2D eigenvalue weighted by molar-refractivity contribution is -0.132. The number of nitrogens with zero attached hydrogens (tertiary/aromatic N) is 1. The molecule has 4 nitrogen and oxygen atoms in total. The lowest BCUT2D eigenvalue weighted by Gasteiger charge is -2.19. The number of ether oxygens (including phenoxy) is 1. The summed E-state index contributed by atoms with van der Waals surface area (Å²) in [5.74, 6) is 0.227. The Morgan fingerprint density at radius 2 is 1.71 bits per heavy atom. The van der Waals surface area contributed by atoms with E-state index in [1.165, 1.54) is 12.1 Å². The van der Waals surface area contributed by atoms with Crippen molar-refractivity contribution in [2.75, 3.05) is 19.7 Å². The minimum Gasteiger partial charge on any atom is -0.508 e. The zero-order valence-corrected chi connectivity index (χ0v) is 21.1. The van der Waals surface area contributed by atoms with Crippen molar-refractivity contribution < 1.29 is 19.0 Å². The Morgan fingerprint density at radius 3 is 2.34 bits per heavy atom. The molecule has 0 aromatic heterocycles. The number of likely N-dealkylation sites (tertiary alicyclic amines) is 1. The first-order chi connectivity index (χ1) is 16.9. The average Bonchev–Trinajstić information content (AvgIpc) is 3.38. The van der Waals surface area contributed by atoms with E-state index in [2.05, 4.69) is 0 Å². The molecule has 1 aliphatic heterocycles. The van der Waals surface area contributed by atoms with Gasteiger partial charge in [0.1, 0.15) is 17.3 Å². The van der Waals surface area contributed by atoms with Gasteiger partial charge in [0.15, 0.2) is 6.61 Å². The Morgan fingerprint density at radius 1 is 1.06 bits per heavy atom. The molecule has 1 N–H and O–H groups in total. The molecule has 1 fully saturated rings. The smallest absolute Gasteiger partial charge is 0.260 e. The monoisotopic (exact) mass is 515 g/mol. The van der Waals surface area contributed by atoms with Crippen molar-refractivity contribution in [3.8, 4) is 11.5 Å². The van der Waals surface area contributed by atoms with Crippen LogP contribution >= 0.6 is 23.2 Å². The molecule has 0 radical (unpaired) electrons. The molecular weight excluding hydrogens is 488 g/mol. The normalized spacial score (nSPS) is 14.2. The van der Waals surface area contributed by atoms with Crippen molar-refractivity contribution in [1.29, 1.82) is 0 Å². The number of hydrogen-bond acceptors (Lipinski definition) is 3. The minimum absolute atomic E-state index is 0.0397. The van der Waals surface area contributed by atoms with Crippen molar-refractivity contribution in [2.45, 2.75) is 38.5 Å². The molecule has 1 aliphatic rings. The van der Waals surface area contributed by atoms with Crippen LogP contribution in [-0.4, -0.2) is 35.6 Å². The molecule has 4 rings (SSSR count). The third-order valence-electron chi connectivity index (χ3n) is 6.46. The van der Waals surface area contributed by atoms with Crippen molar-refractivity contribution >= 4 is 29.1 Å². The summed E-state index contributed by atoms with van der Waals surface area (Å²) in [6.07, 6.45) is 3.25. The summed E-state index contributed by atoms with van der Waals surface area (Å²) in [5, 5.41) is 11.5. The molecule has 0 saturated carbocycles. The second-order valence-electron chi connectivity index (χ2n) is 8.82. The van der Waals surface area contributed by atoms with Crippen LogP contribution in [0.2, 0.25) is 10.0 Å². The van der Waals surface area contributed by atoms with Crippen molar-refractivity contribution in [2.24, 2.45) is 0 Å². The molecule has 1 unspecified atom stereocenters. The van der Waals surface area contributed by atoms with Gasteiger partial charge in [-0.3, -0.25) is 4.79 Å². The molecule has 35 heavy (non-hydrogen) atoms. The SMILES string of the molecule is CCC(c1ccc(F)cc1)c1cc(Cc2c(Cl)cc(OCC(=O)N3CCCC3)cc2Cl)ccc1O. The largest absolute Gasteiger partial charge is 0.508 e. The van der Waals surface area contributed by atoms with Crippen LogP contribution in [0.3, 0.4) is 0 Å². The average molecular weight is 516 g/mol. The Balaban J connectivity index is 1.51. The highest BCUT2D eigenvalue weighted by Crippen LogP contribution is 2.37. The number of carbonyl (C=O) groups excluding carboxylic acids is 1. The van der Waals surface area contributed by atoms with Crippen LogP contribution in [0, 0.1) is 5.82 Å². The van der Waals surface area contributed by atoms with E-state index in [-0.39, 0.29) is 30.0 Å². The highest BCUT2D eigenvalue weighted by Gasteiger charge is 2.20. The van der Waals surface area contributed by atoms with Gasteiger partial charge >= 0.3 is 0 Å². The van der Waals surface area contributed by atoms with Gasteiger partial charge in [0.05, 0.1) is 0 Å². The van der Waals surface area contributed by atoms with Crippen LogP contribution in [0.4, 0.5) is 4.39 Å². The van der Waals surface area contributed by atoms with Crippen LogP contribution in [0.25, 0.3) is 0 Å². The Hall–Kier alpha value is -2.76. The van der Waals surface area contributed by atoms with Crippen LogP contribution in [0.5, 0.6) is 11.5 Å². The van der Waals surface area contributed by atoms with Crippen molar-refractivity contribution in [1.82, 2.24) is 4.90 Å². The molecule has 7 heteroatoms. The molecule has 0 bridgehead atoms. The van der Waals surface area contributed by atoms with Gasteiger partial charge in [-0.2, -0.15) is 0 Å². The predicted octanol–water partition coefficient (Wildman–Crippen LogP) is 6.97. The first kappa shape index (κ1) is 25.3. The molecule has 3 aromatic rings. The van der Waals surface area contributed by atoms with E-state index in [4.69, 9.17) is 27.9 Å². The van der Waals surface area contributed by atoms with Crippen molar-refractivity contribution in [3.63, 3.8) is 0 Å². The van der Waals surface area contributed by atoms with E-state index in [0.29, 0.717) is 22.2 Å². The summed E-state index contributed by atoms with van der Waals surface area (Å²) < 4.78 is 19.1. The Kier molecular flexibility index (Phi) is 8.19. The lowest BCUT2D eigenvalue weighted by atomic mass is 9.87. The first-order valence-electron chi connectivity index (χ1n) is 11.8. The second kappa shape index (κ2) is 11.3. The van der Waals surface area contributed by atoms with Gasteiger partial charge in [-0.15, -0.1) is 0 Å². The fourth-order valence-electron chi connectivity index (χ4n) is 4.56. The zero-order chi connectivity index (χ0) is 24.9. The van der Waals surface area contributed by atoms with Crippen LogP contribution in [0.15, 0.2) is 54.6 Å². The fraction of sp³-hybridized carbons (Fsp3) is 0.321. The Bertz CT molecular complexity index is 1170. The number of carbonyl (C=O) groups is 1. The standard InChI is InChI=1S/C28H28Cl2FNO3/c1-2-22(19-6-8-20(31)9-7-19)23-13-18(5-10-27(23)33)14-24-25(29)15-21(16-26(24)30)35-17-28(34)32-11-3-4-12-32/h5-10,13,15-16,22,33H,2-4,11-12,14,17H2,1H3. The van der Waals surface area contributed by atoms with Gasteiger partial charge in [-0.05, 0) is 66.3 Å². The quantitative estimate of drug-likeness (QED) is 0.352. The topological polar surface area (TPSA) is 49.8 Å². The number of benzene rings is 3. The van der Waals surface area contributed by atoms with E-state index in [9.17, 15) is 14.3 Å². The van der Waals surface area contributed by atoms with E-state index < -0.39 is 0 Å². The van der Waals surface area contributed by atoms with Gasteiger partial charge in [-0.1, -0.05) is 54.4 Å². The maximum absolute atomic E-state index is 13.4. The summed E-state index contributed by atoms with van der Waals surface area (Å²) in [5.41, 5.74) is 3.37. The van der Waals surface area contributed by atoms with E-state index in [1.807, 2.05) is 19.1 Å². The number of rotatable bonds is 8. The maximum atomic E-state index is 13.4. The predicted molar refractivity (Wildman–Crippen MR) is 137 cm³/mol. The van der Waals surface area contributed by atoms with Gasteiger partial charge in [0, 0.05) is 41.0 Å². The third kappa shape index (κ3) is 6.09. The summed E-state index contributed by atoms with van der Waals surface area (Å²) >= 11 is 13.1. The molecule has 1 amide bonds. The number of hydrogen-bond donors (Lipinski definition) is 1. The molecule has 3 aromatic carbocycles. The number of phenolic OH excluding ortho intramolecular Hbond substituents is 1. The molecule has 1 saturated heterocycles. The molecule has 184 valence electrons. The summed E-state index contributed by atoms with van der Waals surface area (Å²) in [6, 6.07) is 15.2. The zero-order valence-electron chi connectivity index (χ0n) is 19.6. The van der Waals surface area contributed by atoms with E-state index in [1.54, 1.807) is 35.2 Å². The fourth-order valence-corrected chi connectivity index (χ4v) is 5.16. The Labute approximate surface area is 215 Å². The highest BCUT2D eigenvalue weighted by atomic mass is 35.5. The second-order valence-corrected chi connectivity index (χ2v) is 9.64. The van der Waals surface area contributed by atoms with Gasteiger partial charge < -0.3 is 14.7 Å². The summed E-state index contributed by atoms with van der Waals surface area (Å²) in [6.45, 7) is 3.53. The maximum Gasteiger partial charge on any atom is 0.260 e.